The molecule has 8 aromatic carbocycles. The second-order valence-corrected chi connectivity index (χ2v) is 9.82. The van der Waals surface area contributed by atoms with E-state index in [-0.39, 0.29) is 0 Å². The predicted molar refractivity (Wildman–Crippen MR) is 199 cm³/mol. The van der Waals surface area contributed by atoms with Crippen molar-refractivity contribution in [2.45, 2.75) is 13.2 Å². The van der Waals surface area contributed by atoms with Crippen molar-refractivity contribution in [3.63, 3.8) is 0 Å². The molecule has 9 aromatic rings. The van der Waals surface area contributed by atoms with Crippen molar-refractivity contribution < 1.29 is 43.9 Å². The molecule has 1 aromatic heterocycles. The van der Waals surface area contributed by atoms with Crippen LogP contribution in [0.1, 0.15) is 56.5 Å². The van der Waals surface area contributed by atoms with Crippen LogP contribution in [0.25, 0.3) is 82.4 Å². The number of imidazole rings is 1. The lowest BCUT2D eigenvalue weighted by Gasteiger charge is -2.19. The van der Waals surface area contributed by atoms with Crippen LogP contribution in [0.5, 0.6) is 0 Å². The molecule has 0 bridgehead atoms. The first kappa shape index (κ1) is 10.0. The van der Waals surface area contributed by atoms with E-state index in [0.717, 1.165) is 0 Å². The van der Waals surface area contributed by atoms with Crippen LogP contribution in [0.15, 0.2) is 163 Å². The van der Waals surface area contributed by atoms with E-state index in [1.807, 2.05) is 0 Å². The molecular formula is C45H32N2. The van der Waals surface area contributed by atoms with Gasteiger partial charge in [-0.15, -0.1) is 0 Å². The highest BCUT2D eigenvalue weighted by Crippen LogP contribution is 2.45. The number of hydrogen-bond donors (Lipinski definition) is 0. The fourth-order valence-corrected chi connectivity index (χ4v) is 5.27. The number of benzene rings is 8. The van der Waals surface area contributed by atoms with Gasteiger partial charge in [-0.25, -0.2) is 4.98 Å². The van der Waals surface area contributed by atoms with Gasteiger partial charge >= 0.3 is 0 Å². The van der Waals surface area contributed by atoms with Crippen molar-refractivity contribution in [2.75, 3.05) is 0 Å². The van der Waals surface area contributed by atoms with Crippen molar-refractivity contribution in [3.8, 4) is 39.1 Å². The van der Waals surface area contributed by atoms with Crippen LogP contribution >= 0.6 is 0 Å². The van der Waals surface area contributed by atoms with E-state index >= 15 is 0 Å². The molecule has 0 aliphatic heterocycles. The number of nitrogens with zero attached hydrogens (tertiary/aromatic N) is 2. The summed E-state index contributed by atoms with van der Waals surface area (Å²) in [7, 11) is 0. The summed E-state index contributed by atoms with van der Waals surface area (Å²) in [5, 5.41) is -5.05. The molecule has 0 fully saturated rings. The van der Waals surface area contributed by atoms with E-state index in [1.54, 1.807) is 0 Å². The summed E-state index contributed by atoms with van der Waals surface area (Å²) >= 11 is 0. The monoisotopic (exact) mass is 632 g/mol. The molecule has 0 saturated heterocycles. The zero-order valence-corrected chi connectivity index (χ0v) is 23.4. The maximum absolute atomic E-state index is 10.00. The maximum atomic E-state index is 10.00. The summed E-state index contributed by atoms with van der Waals surface area (Å²) in [6.07, 6.45) is -3.64. The van der Waals surface area contributed by atoms with Gasteiger partial charge in [-0.05, 0) is 102 Å². The quantitative estimate of drug-likeness (QED) is 0.173. The SMILES string of the molecule is [2H]c1c([2H])c([2H])c(-c2c([2H])c([2H])c3c(-c4c([2H])c([2H])c(-n5c(C([2H])([2H])C([2H])([2H])[2H])nc6c([2H])c([2H])c([2H])c([2H])c65)c([2H])c4[2H])c4c([2H])c([2H])c([2H])c([2H])c4c(-c4c([2H])c([2H])c5c([2H])c([2H])c([2H])c([2H])c5c4[2H])c3c2[2H])c([2H])c1[2H]. The van der Waals surface area contributed by atoms with Crippen LogP contribution in [0.3, 0.4) is 0 Å². The average Bonchev–Trinajstić information content (AvgIpc) is 3.98. The largest absolute Gasteiger partial charge is 0.296 e. The number of aromatic nitrogens is 2. The predicted octanol–water partition coefficient (Wildman–Crippen LogP) is 12.0. The lowest BCUT2D eigenvalue weighted by atomic mass is 9.84. The summed E-state index contributed by atoms with van der Waals surface area (Å²) in [4.78, 5) is 3.95. The molecule has 0 aliphatic carbocycles. The lowest BCUT2D eigenvalue weighted by molar-refractivity contribution is 0.908. The summed E-state index contributed by atoms with van der Waals surface area (Å²) in [6.45, 7) is -3.67. The van der Waals surface area contributed by atoms with Crippen LogP contribution in [0.4, 0.5) is 0 Å². The molecule has 0 radical (unpaired) electrons. The van der Waals surface area contributed by atoms with E-state index < -0.39 is 265 Å². The van der Waals surface area contributed by atoms with Crippen LogP contribution in [0.2, 0.25) is 0 Å². The zero-order chi connectivity index (χ0) is 59.1. The molecule has 1 heterocycles. The maximum Gasteiger partial charge on any atom is 0.114 e. The van der Waals surface area contributed by atoms with Crippen LogP contribution in [-0.4, -0.2) is 9.55 Å². The van der Waals surface area contributed by atoms with Gasteiger partial charge < -0.3 is 0 Å². The van der Waals surface area contributed by atoms with E-state index in [9.17, 15) is 15.1 Å². The summed E-state index contributed by atoms with van der Waals surface area (Å²) in [5.41, 5.74) is -8.33. The second-order valence-electron chi connectivity index (χ2n) is 9.82. The molecular weight excluding hydrogens is 569 g/mol. The third-order valence-corrected chi connectivity index (χ3v) is 7.25. The number of rotatable bonds is 5. The molecule has 9 rings (SSSR count). The van der Waals surface area contributed by atoms with Gasteiger partial charge in [-0.2, -0.15) is 0 Å². The number of hydrogen-bond acceptors (Lipinski definition) is 1. The first-order valence-electron chi connectivity index (χ1n) is 29.6. The molecule has 0 N–H and O–H groups in total. The van der Waals surface area contributed by atoms with Gasteiger partial charge in [-0.3, -0.25) is 4.57 Å². The highest BCUT2D eigenvalue weighted by atomic mass is 15.1. The third-order valence-electron chi connectivity index (χ3n) is 7.25. The second kappa shape index (κ2) is 11.1. The van der Waals surface area contributed by atoms with E-state index in [0.29, 0.717) is 4.57 Å². The van der Waals surface area contributed by atoms with E-state index in [1.165, 1.54) is 0 Å². The average molecular weight is 633 g/mol. The highest BCUT2D eigenvalue weighted by Gasteiger charge is 2.18. The summed E-state index contributed by atoms with van der Waals surface area (Å²) in [6, 6.07) is -28.8. The number of aryl methyl sites for hydroxylation is 1. The Labute approximate surface area is 319 Å². The van der Waals surface area contributed by atoms with Gasteiger partial charge in [0.15, 0.2) is 0 Å². The zero-order valence-electron chi connectivity index (χ0n) is 55.4. The molecule has 0 spiro atoms. The standard InChI is InChI=1S/C45H32N2/c1-2-43-46-41-18-10-11-19-42(41)47(43)36-25-22-32(23-26-36)44-37-16-8-9-17-38(37)45(35-21-20-31-14-6-7-15-33(31)28-35)40-29-34(24-27-39(40)44)30-12-4-3-5-13-30/h3-29H,2H2,1H3/i1D3,2D2,3D,4D,5D,6D,7D,8D,9D,10D,11D,12D,13D,14D,15D,16D,17D,18D,19D,20D,21D,22D,23D,24D,25D,26D,27D,28D,29D. The Morgan fingerprint density at radius 3 is 1.98 bits per heavy atom. The van der Waals surface area contributed by atoms with Gasteiger partial charge in [0.05, 0.1) is 48.0 Å². The third kappa shape index (κ3) is 4.53. The molecule has 0 aliphatic rings. The fourth-order valence-electron chi connectivity index (χ4n) is 5.27. The first-order valence-corrected chi connectivity index (χ1v) is 13.6. The van der Waals surface area contributed by atoms with E-state index in [2.05, 4.69) is 4.98 Å². The Hall–Kier alpha value is -5.99. The van der Waals surface area contributed by atoms with Crippen LogP contribution in [-0.2, 0) is 6.37 Å². The molecule has 222 valence electrons. The van der Waals surface area contributed by atoms with Gasteiger partial charge in [0, 0.05) is 18.9 Å². The molecule has 0 saturated carbocycles. The Morgan fingerprint density at radius 1 is 0.532 bits per heavy atom. The van der Waals surface area contributed by atoms with Gasteiger partial charge in [0.25, 0.3) is 0 Å². The Morgan fingerprint density at radius 2 is 1.17 bits per heavy atom. The van der Waals surface area contributed by atoms with Crippen molar-refractivity contribution >= 4 is 43.4 Å². The number of fused-ring (bicyclic) bond motifs is 4. The fraction of sp³-hybridized carbons (Fsp3) is 0.0444. The molecule has 0 atom stereocenters. The molecule has 2 heteroatoms. The van der Waals surface area contributed by atoms with E-state index in [4.69, 9.17) is 28.8 Å². The van der Waals surface area contributed by atoms with Gasteiger partial charge in [0.1, 0.15) is 5.82 Å². The molecule has 0 amide bonds. The van der Waals surface area contributed by atoms with Crippen molar-refractivity contribution in [3.05, 3.63) is 169 Å². The minimum absolute atomic E-state index is 0.361. The Kier molecular flexibility index (Phi) is 2.37. The minimum Gasteiger partial charge on any atom is -0.296 e. The van der Waals surface area contributed by atoms with Gasteiger partial charge in [0.2, 0.25) is 0 Å². The summed E-state index contributed by atoms with van der Waals surface area (Å²) < 4.78 is 286. The molecule has 47 heavy (non-hydrogen) atoms. The van der Waals surface area contributed by atoms with Crippen molar-refractivity contribution in [1.82, 2.24) is 9.55 Å². The normalized spacial score (nSPS) is 21.8. The lowest BCUT2D eigenvalue weighted by Crippen LogP contribution is -2.00. The van der Waals surface area contributed by atoms with Crippen molar-refractivity contribution in [2.24, 2.45) is 0 Å². The first-order chi connectivity index (χ1) is 36.4. The topological polar surface area (TPSA) is 17.8 Å². The molecule has 0 unspecified atom stereocenters. The van der Waals surface area contributed by atoms with Gasteiger partial charge in [-0.1, -0.05) is 134 Å². The highest BCUT2D eigenvalue weighted by molar-refractivity contribution is 6.22. The summed E-state index contributed by atoms with van der Waals surface area (Å²) in [5.74, 6) is -1.25. The van der Waals surface area contributed by atoms with Crippen molar-refractivity contribution in [1.29, 1.82) is 0 Å². The Bertz CT molecular complexity index is 4290. The minimum atomic E-state index is -3.67. The molecule has 2 nitrogen and oxygen atoms in total. The van der Waals surface area contributed by atoms with Crippen LogP contribution in [0, 0.1) is 0 Å². The van der Waals surface area contributed by atoms with Crippen LogP contribution < -0.4 is 0 Å². The smallest absolute Gasteiger partial charge is 0.114 e. The Balaban J connectivity index is 1.62. The number of para-hydroxylation sites is 2.